The van der Waals surface area contributed by atoms with Crippen LogP contribution >= 0.6 is 24.8 Å². The van der Waals surface area contributed by atoms with Gasteiger partial charge in [0.25, 0.3) is 0 Å². The number of halogens is 2. The molecule has 3 heteroatoms. The molecule has 2 aliphatic rings. The van der Waals surface area contributed by atoms with Gasteiger partial charge in [0, 0.05) is 0 Å². The summed E-state index contributed by atoms with van der Waals surface area (Å²) in [4.78, 5) is 0. The number of allylic oxidation sites excluding steroid dienone is 4. The van der Waals surface area contributed by atoms with E-state index in [1.807, 2.05) is 0 Å². The van der Waals surface area contributed by atoms with Gasteiger partial charge in [0.2, 0.25) is 0 Å². The first-order chi connectivity index (χ1) is 21.7. The first kappa shape index (κ1) is 35.1. The van der Waals surface area contributed by atoms with Crippen LogP contribution in [0.5, 0.6) is 0 Å². The Bertz CT molecular complexity index is 2080. The van der Waals surface area contributed by atoms with Gasteiger partial charge in [-0.25, -0.2) is 0 Å². The van der Waals surface area contributed by atoms with Gasteiger partial charge in [0.15, 0.2) is 0 Å². The Morgan fingerprint density at radius 3 is 1.77 bits per heavy atom. The van der Waals surface area contributed by atoms with Crippen LogP contribution in [0.3, 0.4) is 0 Å². The van der Waals surface area contributed by atoms with Crippen LogP contribution in [0, 0.1) is 41.5 Å². The fourth-order valence-corrected chi connectivity index (χ4v) is 16.3. The Kier molecular flexibility index (Phi) is 10.2. The molecule has 1 unspecified atom stereocenters. The summed E-state index contributed by atoms with van der Waals surface area (Å²) >= 11 is -3.25. The van der Waals surface area contributed by atoms with Gasteiger partial charge < -0.3 is 0 Å². The van der Waals surface area contributed by atoms with Crippen molar-refractivity contribution in [1.29, 1.82) is 0 Å². The molecule has 0 nitrogen and oxygen atoms in total. The van der Waals surface area contributed by atoms with E-state index in [9.17, 15) is 0 Å². The third kappa shape index (κ3) is 5.79. The molecule has 0 heterocycles. The molecule has 0 saturated carbocycles. The quantitative estimate of drug-likeness (QED) is 0.158. The summed E-state index contributed by atoms with van der Waals surface area (Å²) < 4.78 is 7.45. The Morgan fingerprint density at radius 2 is 1.19 bits per heavy atom. The number of benzene rings is 5. The summed E-state index contributed by atoms with van der Waals surface area (Å²) in [6.45, 7) is 15.9. The molecule has 0 radical (unpaired) electrons. The number of aryl methyl sites for hydroxylation is 6. The summed E-state index contributed by atoms with van der Waals surface area (Å²) in [7, 11) is 0. The number of hydrogen-bond donors (Lipinski definition) is 0. The van der Waals surface area contributed by atoms with E-state index >= 15 is 0 Å². The van der Waals surface area contributed by atoms with E-state index in [1.54, 1.807) is 13.3 Å². The van der Waals surface area contributed by atoms with Crippen molar-refractivity contribution in [2.24, 2.45) is 0 Å². The van der Waals surface area contributed by atoms with Crippen molar-refractivity contribution < 1.29 is 16.1 Å². The molecule has 0 spiro atoms. The van der Waals surface area contributed by atoms with E-state index in [-0.39, 0.29) is 24.8 Å². The third-order valence-electron chi connectivity index (χ3n) is 10.3. The monoisotopic (exact) mass is 691 g/mol. The second kappa shape index (κ2) is 13.7. The minimum absolute atomic E-state index is 0. The number of hydrogen-bond acceptors (Lipinski definition) is 0. The van der Waals surface area contributed by atoms with Gasteiger partial charge in [-0.2, -0.15) is 0 Å². The molecule has 0 bridgehead atoms. The second-order valence-corrected chi connectivity index (χ2v) is 19.5. The fraction of sp³-hybridized carbons (Fsp3) is 0.205. The van der Waals surface area contributed by atoms with E-state index < -0.39 is 16.1 Å². The first-order valence-corrected chi connectivity index (χ1v) is 19.7. The molecule has 5 aromatic rings. The Hall–Kier alpha value is -3.26. The van der Waals surface area contributed by atoms with Crippen LogP contribution in [0.15, 0.2) is 107 Å². The van der Waals surface area contributed by atoms with Crippen molar-refractivity contribution in [1.82, 2.24) is 0 Å². The maximum absolute atomic E-state index is 3.25. The van der Waals surface area contributed by atoms with Gasteiger partial charge in [0.05, 0.1) is 0 Å². The van der Waals surface area contributed by atoms with E-state index in [0.29, 0.717) is 0 Å². The van der Waals surface area contributed by atoms with Crippen LogP contribution in [0.25, 0.3) is 33.4 Å². The van der Waals surface area contributed by atoms with Crippen LogP contribution < -0.4 is 7.74 Å². The molecule has 7 rings (SSSR count). The molecule has 0 N–H and O–H groups in total. The molecular formula is C44H45Cl2Ti. The zero-order chi connectivity index (χ0) is 31.5. The van der Waals surface area contributed by atoms with E-state index in [0.717, 1.165) is 12.8 Å². The average molecular weight is 693 g/mol. The maximum Gasteiger partial charge on any atom is -0.147 e. The number of fused-ring (bicyclic) bond motifs is 3. The van der Waals surface area contributed by atoms with E-state index in [2.05, 4.69) is 156 Å². The summed E-state index contributed by atoms with van der Waals surface area (Å²) in [5.41, 5.74) is 19.5. The van der Waals surface area contributed by atoms with Gasteiger partial charge in [-0.15, -0.1) is 24.8 Å². The number of rotatable bonds is 5. The smallest absolute Gasteiger partial charge is 0.147 e. The normalized spacial score (nSPS) is 14.0. The van der Waals surface area contributed by atoms with Crippen molar-refractivity contribution in [3.8, 4) is 33.4 Å². The SMILES string of the molecule is C[CH]=[Ti]([C]1=CC=CC1)([c]1ccccc1)[c]1c(-c2c(C)cc(C)cc2C)ccc2c1Cc1cc(-c3c(C)cc(C)cc3C)ccc1-2.Cl.Cl. The summed E-state index contributed by atoms with van der Waals surface area (Å²) in [5, 5.41) is 0. The molecule has 5 aromatic carbocycles. The molecule has 0 aromatic heterocycles. The van der Waals surface area contributed by atoms with Crippen molar-refractivity contribution in [3.63, 3.8) is 0 Å². The third-order valence-corrected chi connectivity index (χ3v) is 17.9. The average Bonchev–Trinajstić information content (AvgIpc) is 3.67. The van der Waals surface area contributed by atoms with Gasteiger partial charge >= 0.3 is 274 Å². The summed E-state index contributed by atoms with van der Waals surface area (Å²) in [6, 6.07) is 33.1. The van der Waals surface area contributed by atoms with E-state index in [4.69, 9.17) is 0 Å². The van der Waals surface area contributed by atoms with Gasteiger partial charge in [-0.05, 0) is 0 Å². The van der Waals surface area contributed by atoms with Crippen molar-refractivity contribution in [3.05, 3.63) is 152 Å². The molecular weight excluding hydrogens is 647 g/mol. The molecule has 239 valence electrons. The molecule has 0 saturated heterocycles. The molecule has 0 fully saturated rings. The standard InChI is InChI=1S/C31H29.C6H5.C5H5.C2H4.2ClH.Ti/c1-18-11-20(3)30(21(4)12-18)24-7-9-28-26(15-24)17-27-16-25(8-10-29(27)28)31-22(5)13-19(2)14-23(31)6;1-2-4-6-5-3-1;1-2-4-5-3-1;1-2;;;/h7-15H,17H2,1-6H3;1-5H;1-3H,4H2;1H,2H3;2*1H;. The zero-order valence-corrected chi connectivity index (χ0v) is 31.8. The minimum Gasteiger partial charge on any atom is -0.147 e. The minimum atomic E-state index is -3.25. The maximum atomic E-state index is 2.67. The molecule has 0 amide bonds. The van der Waals surface area contributed by atoms with Crippen LogP contribution in [0.2, 0.25) is 0 Å². The predicted molar refractivity (Wildman–Crippen MR) is 208 cm³/mol. The molecule has 0 aliphatic heterocycles. The van der Waals surface area contributed by atoms with Gasteiger partial charge in [-0.1, -0.05) is 0 Å². The van der Waals surface area contributed by atoms with Crippen LogP contribution in [0.4, 0.5) is 0 Å². The molecule has 47 heavy (non-hydrogen) atoms. The van der Waals surface area contributed by atoms with Gasteiger partial charge in [0.1, 0.15) is 0 Å². The second-order valence-electron chi connectivity index (χ2n) is 13.4. The van der Waals surface area contributed by atoms with Gasteiger partial charge in [-0.3, -0.25) is 0 Å². The largest absolute Gasteiger partial charge is 0.147 e. The Balaban J connectivity index is 0.00000217. The Labute approximate surface area is 297 Å². The van der Waals surface area contributed by atoms with Crippen LogP contribution in [-0.2, 0) is 22.5 Å². The fourth-order valence-electron chi connectivity index (χ4n) is 8.76. The van der Waals surface area contributed by atoms with Crippen LogP contribution in [-0.4, -0.2) is 4.31 Å². The van der Waals surface area contributed by atoms with Crippen LogP contribution in [0.1, 0.15) is 57.9 Å². The Morgan fingerprint density at radius 1 is 0.617 bits per heavy atom. The van der Waals surface area contributed by atoms with Crippen molar-refractivity contribution in [2.45, 2.75) is 61.3 Å². The zero-order valence-electron chi connectivity index (χ0n) is 28.6. The summed E-state index contributed by atoms with van der Waals surface area (Å²) in [6.07, 6.45) is 9.12. The topological polar surface area (TPSA) is 0 Å². The molecule has 2 aliphatic carbocycles. The summed E-state index contributed by atoms with van der Waals surface area (Å²) in [5.74, 6) is 0. The molecule has 1 atom stereocenters. The predicted octanol–water partition coefficient (Wildman–Crippen LogP) is 11.1. The van der Waals surface area contributed by atoms with Crippen molar-refractivity contribution >= 4 is 36.9 Å². The first-order valence-electron chi connectivity index (χ1n) is 16.4. The van der Waals surface area contributed by atoms with E-state index in [1.165, 1.54) is 76.2 Å². The van der Waals surface area contributed by atoms with Crippen molar-refractivity contribution in [2.75, 3.05) is 0 Å².